The lowest BCUT2D eigenvalue weighted by Gasteiger charge is -2.17. The highest BCUT2D eigenvalue weighted by Crippen LogP contribution is 2.15. The monoisotopic (exact) mass is 611 g/mol. The maximum absolute atomic E-state index is 12.3. The SMILES string of the molecule is CCCCCCCCCCCCCCCCC(=O)OC[C@H](COC=O)OC(=O)CCCCCCCCCCCCCCC. The van der Waals surface area contributed by atoms with Gasteiger partial charge in [-0.1, -0.05) is 174 Å². The van der Waals surface area contributed by atoms with Gasteiger partial charge in [0.25, 0.3) is 6.47 Å². The van der Waals surface area contributed by atoms with Crippen LogP contribution in [0.4, 0.5) is 0 Å². The summed E-state index contributed by atoms with van der Waals surface area (Å²) in [6, 6.07) is 0. The second kappa shape index (κ2) is 34.9. The van der Waals surface area contributed by atoms with Crippen molar-refractivity contribution in [2.75, 3.05) is 13.2 Å². The molecule has 0 unspecified atom stereocenters. The summed E-state index contributed by atoms with van der Waals surface area (Å²) >= 11 is 0. The highest BCUT2D eigenvalue weighted by molar-refractivity contribution is 5.70. The quantitative estimate of drug-likeness (QED) is 0.0307. The Bertz CT molecular complexity index is 608. The fourth-order valence-electron chi connectivity index (χ4n) is 5.52. The zero-order valence-electron chi connectivity index (χ0n) is 28.5. The molecule has 0 heterocycles. The molecule has 0 spiro atoms. The zero-order chi connectivity index (χ0) is 31.5. The number of carbonyl (C=O) groups excluding carboxylic acids is 3. The predicted octanol–water partition coefficient (Wildman–Crippen LogP) is 11.0. The van der Waals surface area contributed by atoms with Crippen molar-refractivity contribution < 1.29 is 28.6 Å². The fourth-order valence-corrected chi connectivity index (χ4v) is 5.52. The molecule has 0 radical (unpaired) electrons. The Balaban J connectivity index is 3.72. The molecule has 0 aromatic heterocycles. The van der Waals surface area contributed by atoms with Crippen molar-refractivity contribution in [2.45, 2.75) is 206 Å². The third-order valence-corrected chi connectivity index (χ3v) is 8.30. The van der Waals surface area contributed by atoms with Crippen molar-refractivity contribution in [1.29, 1.82) is 0 Å². The average Bonchev–Trinajstić information content (AvgIpc) is 3.01. The first-order valence-electron chi connectivity index (χ1n) is 18.5. The second-order valence-corrected chi connectivity index (χ2v) is 12.6. The summed E-state index contributed by atoms with van der Waals surface area (Å²) in [4.78, 5) is 35.1. The molecule has 254 valence electrons. The lowest BCUT2D eigenvalue weighted by molar-refractivity contribution is -0.164. The molecule has 0 N–H and O–H groups in total. The van der Waals surface area contributed by atoms with Crippen LogP contribution in [-0.4, -0.2) is 37.7 Å². The zero-order valence-corrected chi connectivity index (χ0v) is 28.5. The van der Waals surface area contributed by atoms with Crippen molar-refractivity contribution in [3.05, 3.63) is 0 Å². The smallest absolute Gasteiger partial charge is 0.306 e. The molecule has 0 saturated carbocycles. The van der Waals surface area contributed by atoms with Crippen molar-refractivity contribution >= 4 is 18.4 Å². The third-order valence-electron chi connectivity index (χ3n) is 8.30. The number of carbonyl (C=O) groups is 3. The lowest BCUT2D eigenvalue weighted by atomic mass is 10.0. The minimum absolute atomic E-state index is 0.0738. The number of hydrogen-bond donors (Lipinski definition) is 0. The number of ether oxygens (including phenoxy) is 3. The van der Waals surface area contributed by atoms with Crippen LogP contribution in [-0.2, 0) is 28.6 Å². The molecule has 0 aromatic carbocycles. The summed E-state index contributed by atoms with van der Waals surface area (Å²) in [5, 5.41) is 0. The minimum atomic E-state index is -0.750. The topological polar surface area (TPSA) is 78.9 Å². The second-order valence-electron chi connectivity index (χ2n) is 12.6. The molecule has 0 aliphatic carbocycles. The molecule has 0 rings (SSSR count). The van der Waals surface area contributed by atoms with E-state index < -0.39 is 6.10 Å². The Labute approximate surface area is 266 Å². The molecular formula is C37H70O6. The van der Waals surface area contributed by atoms with Gasteiger partial charge >= 0.3 is 11.9 Å². The first-order chi connectivity index (χ1) is 21.1. The van der Waals surface area contributed by atoms with Crippen LogP contribution in [0.2, 0.25) is 0 Å². The first-order valence-corrected chi connectivity index (χ1v) is 18.5. The first kappa shape index (κ1) is 41.4. The van der Waals surface area contributed by atoms with Gasteiger partial charge in [0.05, 0.1) is 0 Å². The molecule has 0 aliphatic heterocycles. The van der Waals surface area contributed by atoms with Crippen LogP contribution in [0.5, 0.6) is 0 Å². The number of unbranched alkanes of at least 4 members (excludes halogenated alkanes) is 25. The number of esters is 2. The van der Waals surface area contributed by atoms with Crippen LogP contribution in [0, 0.1) is 0 Å². The van der Waals surface area contributed by atoms with Crippen molar-refractivity contribution in [3.63, 3.8) is 0 Å². The summed E-state index contributed by atoms with van der Waals surface area (Å²) in [6.07, 6.45) is 34.0. The Hall–Kier alpha value is -1.59. The summed E-state index contributed by atoms with van der Waals surface area (Å²) in [5.74, 6) is -0.617. The van der Waals surface area contributed by atoms with Gasteiger partial charge in [-0.15, -0.1) is 0 Å². The Morgan fingerprint density at radius 3 is 1.14 bits per heavy atom. The van der Waals surface area contributed by atoms with Crippen LogP contribution in [0.3, 0.4) is 0 Å². The van der Waals surface area contributed by atoms with Crippen LogP contribution < -0.4 is 0 Å². The Morgan fingerprint density at radius 1 is 0.465 bits per heavy atom. The molecule has 6 nitrogen and oxygen atoms in total. The van der Waals surface area contributed by atoms with E-state index in [4.69, 9.17) is 14.2 Å². The lowest BCUT2D eigenvalue weighted by Crippen LogP contribution is -2.29. The van der Waals surface area contributed by atoms with E-state index in [-0.39, 0.29) is 25.2 Å². The minimum Gasteiger partial charge on any atom is -0.464 e. The summed E-state index contributed by atoms with van der Waals surface area (Å²) < 4.78 is 15.6. The highest BCUT2D eigenvalue weighted by atomic mass is 16.6. The van der Waals surface area contributed by atoms with Gasteiger partial charge in [0.2, 0.25) is 0 Å². The molecule has 0 saturated heterocycles. The maximum Gasteiger partial charge on any atom is 0.306 e. The summed E-state index contributed by atoms with van der Waals surface area (Å²) in [5.41, 5.74) is 0. The maximum atomic E-state index is 12.3. The van der Waals surface area contributed by atoms with Crippen LogP contribution in [0.1, 0.15) is 200 Å². The van der Waals surface area contributed by atoms with E-state index in [2.05, 4.69) is 13.8 Å². The molecule has 0 aromatic rings. The largest absolute Gasteiger partial charge is 0.464 e. The van der Waals surface area contributed by atoms with Gasteiger partial charge in [0.15, 0.2) is 6.10 Å². The molecular weight excluding hydrogens is 540 g/mol. The molecule has 6 heteroatoms. The van der Waals surface area contributed by atoms with Gasteiger partial charge in [-0.05, 0) is 12.8 Å². The molecule has 0 bridgehead atoms. The van der Waals surface area contributed by atoms with Crippen molar-refractivity contribution in [2.24, 2.45) is 0 Å². The van der Waals surface area contributed by atoms with Crippen LogP contribution >= 0.6 is 0 Å². The van der Waals surface area contributed by atoms with Crippen molar-refractivity contribution in [1.82, 2.24) is 0 Å². The Kier molecular flexibility index (Phi) is 33.6. The summed E-state index contributed by atoms with van der Waals surface area (Å²) in [7, 11) is 0. The van der Waals surface area contributed by atoms with Gasteiger partial charge in [0, 0.05) is 12.8 Å². The third kappa shape index (κ3) is 33.1. The van der Waals surface area contributed by atoms with Crippen LogP contribution in [0.25, 0.3) is 0 Å². The van der Waals surface area contributed by atoms with Gasteiger partial charge in [-0.3, -0.25) is 14.4 Å². The fraction of sp³-hybridized carbons (Fsp3) is 0.919. The molecule has 0 amide bonds. The summed E-state index contributed by atoms with van der Waals surface area (Å²) in [6.45, 7) is 4.67. The van der Waals surface area contributed by atoms with E-state index in [1.165, 1.54) is 135 Å². The van der Waals surface area contributed by atoms with Crippen molar-refractivity contribution in [3.8, 4) is 0 Å². The van der Waals surface area contributed by atoms with E-state index in [0.29, 0.717) is 19.3 Å². The Morgan fingerprint density at radius 2 is 0.791 bits per heavy atom. The molecule has 0 aliphatic rings. The number of rotatable bonds is 35. The van der Waals surface area contributed by atoms with Crippen LogP contribution in [0.15, 0.2) is 0 Å². The standard InChI is InChI=1S/C37H70O6/c1-3-5-7-9-11-13-15-17-19-20-22-24-26-28-30-36(39)42-33-35(32-41-34-38)43-37(40)31-29-27-25-23-21-18-16-14-12-10-8-6-4-2/h34-35H,3-33H2,1-2H3/t35-/m0/s1. The van der Waals surface area contributed by atoms with E-state index in [0.717, 1.165) is 38.5 Å². The van der Waals surface area contributed by atoms with Gasteiger partial charge in [0.1, 0.15) is 13.2 Å². The number of hydrogen-bond acceptors (Lipinski definition) is 6. The van der Waals surface area contributed by atoms with Gasteiger partial charge in [-0.2, -0.15) is 0 Å². The van der Waals surface area contributed by atoms with Gasteiger partial charge < -0.3 is 14.2 Å². The highest BCUT2D eigenvalue weighted by Gasteiger charge is 2.17. The van der Waals surface area contributed by atoms with E-state index >= 15 is 0 Å². The van der Waals surface area contributed by atoms with E-state index in [1.807, 2.05) is 0 Å². The molecule has 0 fully saturated rings. The van der Waals surface area contributed by atoms with E-state index in [9.17, 15) is 14.4 Å². The normalized spacial score (nSPS) is 11.8. The molecule has 1 atom stereocenters. The van der Waals surface area contributed by atoms with Gasteiger partial charge in [-0.25, -0.2) is 0 Å². The predicted molar refractivity (Wildman–Crippen MR) is 178 cm³/mol. The molecule has 43 heavy (non-hydrogen) atoms. The average molecular weight is 611 g/mol. The van der Waals surface area contributed by atoms with E-state index in [1.54, 1.807) is 0 Å².